The van der Waals surface area contributed by atoms with Gasteiger partial charge in [-0.25, -0.2) is 0 Å². The van der Waals surface area contributed by atoms with E-state index in [2.05, 4.69) is 28.1 Å². The number of halogens is 1. The molecule has 0 bridgehead atoms. The van der Waals surface area contributed by atoms with E-state index < -0.39 is 43.2 Å². The molecule has 0 N–H and O–H groups in total. The van der Waals surface area contributed by atoms with E-state index >= 15 is 0 Å². The number of nitrogens with zero attached hydrogens (tertiary/aromatic N) is 2. The lowest BCUT2D eigenvalue weighted by Crippen LogP contribution is -2.41. The van der Waals surface area contributed by atoms with Crippen LogP contribution in [-0.4, -0.2) is 69.0 Å². The molecule has 0 saturated carbocycles. The second-order valence-electron chi connectivity index (χ2n) is 18.1. The number of hydrogen-bond acceptors (Lipinski definition) is 10. The van der Waals surface area contributed by atoms with Crippen molar-refractivity contribution in [3.8, 4) is 23.6 Å². The van der Waals surface area contributed by atoms with Gasteiger partial charge >= 0.3 is 21.1 Å². The molecule has 2 aromatic carbocycles. The average molecular weight is 825 g/mol. The Labute approximate surface area is 341 Å². The number of ether oxygens (including phenoxy) is 2. The van der Waals surface area contributed by atoms with E-state index in [4.69, 9.17) is 42.7 Å². The Kier molecular flexibility index (Phi) is 14.8. The fourth-order valence-electron chi connectivity index (χ4n) is 5.46. The van der Waals surface area contributed by atoms with E-state index in [1.165, 1.54) is 0 Å². The van der Waals surface area contributed by atoms with Crippen molar-refractivity contribution in [2.24, 2.45) is 0 Å². The van der Waals surface area contributed by atoms with Gasteiger partial charge in [-0.2, -0.15) is 10.5 Å². The van der Waals surface area contributed by atoms with Crippen LogP contribution in [-0.2, 0) is 38.8 Å². The molecule has 55 heavy (non-hydrogen) atoms. The highest BCUT2D eigenvalue weighted by atomic mass is 79.9. The molecule has 3 fully saturated rings. The summed E-state index contributed by atoms with van der Waals surface area (Å²) in [6.45, 7) is 31.8. The van der Waals surface area contributed by atoms with Crippen molar-refractivity contribution in [1.29, 1.82) is 10.5 Å². The lowest BCUT2D eigenvalue weighted by atomic mass is 9.49. The minimum Gasteiger partial charge on any atom is -0.497 e. The second kappa shape index (κ2) is 16.7. The summed E-state index contributed by atoms with van der Waals surface area (Å²) < 4.78 is 47.5. The van der Waals surface area contributed by atoms with Crippen LogP contribution in [0.4, 0.5) is 0 Å². The van der Waals surface area contributed by atoms with Crippen molar-refractivity contribution in [1.82, 2.24) is 0 Å². The van der Waals surface area contributed by atoms with E-state index in [9.17, 15) is 5.26 Å². The highest BCUT2D eigenvalue weighted by Gasteiger charge is 2.63. The Morgan fingerprint density at radius 3 is 1.16 bits per heavy atom. The summed E-state index contributed by atoms with van der Waals surface area (Å²) in [6.07, 6.45) is 0. The van der Waals surface area contributed by atoms with E-state index in [0.717, 1.165) is 26.8 Å². The van der Waals surface area contributed by atoms with Crippen molar-refractivity contribution >= 4 is 42.5 Å². The summed E-state index contributed by atoms with van der Waals surface area (Å²) in [5, 5.41) is 18.3. The zero-order valence-corrected chi connectivity index (χ0v) is 37.3. The SMILES string of the molecule is C.CC1(C)OB(B2OC(C)(C)C(C)(C)O2)OC1(C)C.COc1ccc(C(C)(C)C#N)cc1B1OC(C)(C)C(C)(C)O1.COc1ccc(C(C)(C)C#N)cc1Br. The zero-order valence-electron chi connectivity index (χ0n) is 35.7. The molecule has 0 atom stereocenters. The molecule has 302 valence electrons. The number of methoxy groups -OCH3 is 2. The smallest absolute Gasteiger partial charge is 0.497 e. The van der Waals surface area contributed by atoms with Gasteiger partial charge in [-0.05, 0) is 156 Å². The third-order valence-electron chi connectivity index (χ3n) is 11.7. The lowest BCUT2D eigenvalue weighted by molar-refractivity contribution is 0.00578. The van der Waals surface area contributed by atoms with Crippen LogP contribution in [0.1, 0.15) is 129 Å². The fourth-order valence-corrected chi connectivity index (χ4v) is 6.00. The minimum absolute atomic E-state index is 0. The number of hydrogen-bond donors (Lipinski definition) is 0. The van der Waals surface area contributed by atoms with Gasteiger partial charge in [0.15, 0.2) is 0 Å². The Morgan fingerprint density at radius 1 is 0.545 bits per heavy atom. The predicted molar refractivity (Wildman–Crippen MR) is 226 cm³/mol. The molecule has 3 heterocycles. The van der Waals surface area contributed by atoms with E-state index in [-0.39, 0.29) is 29.8 Å². The van der Waals surface area contributed by atoms with E-state index in [1.54, 1.807) is 14.2 Å². The first-order chi connectivity index (χ1) is 24.4. The fraction of sp³-hybridized carbons (Fsp3) is 0.659. The molecule has 0 radical (unpaired) electrons. The van der Waals surface area contributed by atoms with E-state index in [0.29, 0.717) is 5.75 Å². The Morgan fingerprint density at radius 2 is 0.855 bits per heavy atom. The summed E-state index contributed by atoms with van der Waals surface area (Å²) >= 11 is 3.39. The quantitative estimate of drug-likeness (QED) is 0.261. The van der Waals surface area contributed by atoms with Crippen LogP contribution in [0, 0.1) is 22.7 Å². The lowest BCUT2D eigenvalue weighted by Gasteiger charge is -2.32. The molecule has 0 spiro atoms. The minimum atomic E-state index is -0.579. The van der Waals surface area contributed by atoms with Gasteiger partial charge in [-0.15, -0.1) is 0 Å². The first-order valence-corrected chi connectivity index (χ1v) is 19.1. The standard InChI is InChI=1S/C17H24BNO3.C12H24B2O4.C11H12BrNO.CH4/c1-15(2,11-19)12-8-9-14(20-7)13(10-12)18-21-16(3,4)17(5,6)22-18;1-9(2)10(3,4)16-13(15-9)14-17-11(5,6)12(7,8)18-14;1-11(2,7-13)8-4-5-10(14-3)9(12)6-8;/h8-10H,1-7H3;1-8H3;4-6H,1-3H3;1H4. The van der Waals surface area contributed by atoms with Crippen LogP contribution in [0.15, 0.2) is 40.9 Å². The van der Waals surface area contributed by atoms with Crippen molar-refractivity contribution in [3.63, 3.8) is 0 Å². The van der Waals surface area contributed by atoms with Gasteiger partial charge in [0, 0.05) is 5.46 Å². The van der Waals surface area contributed by atoms with Gasteiger partial charge in [-0.3, -0.25) is 0 Å². The molecule has 0 aromatic heterocycles. The summed E-state index contributed by atoms with van der Waals surface area (Å²) in [4.78, 5) is 0. The van der Waals surface area contributed by atoms with Gasteiger partial charge < -0.3 is 37.4 Å². The monoisotopic (exact) mass is 824 g/mol. The van der Waals surface area contributed by atoms with Gasteiger partial charge in [0.1, 0.15) is 11.5 Å². The van der Waals surface area contributed by atoms with Crippen molar-refractivity contribution < 1.29 is 37.4 Å². The molecular formula is C41H64B3BrN2O8. The average Bonchev–Trinajstić information content (AvgIpc) is 3.53. The maximum atomic E-state index is 9.35. The predicted octanol–water partition coefficient (Wildman–Crippen LogP) is 8.94. The van der Waals surface area contributed by atoms with Gasteiger partial charge in [0.05, 0.1) is 75.3 Å². The molecule has 5 rings (SSSR count). The maximum absolute atomic E-state index is 9.35. The molecule has 3 aliphatic heterocycles. The highest BCUT2D eigenvalue weighted by molar-refractivity contribution is 9.10. The number of benzene rings is 2. The Hall–Kier alpha value is -2.55. The summed E-state index contributed by atoms with van der Waals surface area (Å²) in [6, 6.07) is 16.0. The molecule has 0 aliphatic carbocycles. The van der Waals surface area contributed by atoms with Crippen LogP contribution in [0.25, 0.3) is 0 Å². The molecule has 3 saturated heterocycles. The van der Waals surface area contributed by atoms with Gasteiger partial charge in [-0.1, -0.05) is 25.6 Å². The molecule has 2 aromatic rings. The van der Waals surface area contributed by atoms with Gasteiger partial charge in [0.25, 0.3) is 0 Å². The number of nitriles is 2. The molecule has 3 aliphatic rings. The topological polar surface area (TPSA) is 121 Å². The number of rotatable bonds is 6. The van der Waals surface area contributed by atoms with Gasteiger partial charge in [0.2, 0.25) is 0 Å². The first-order valence-electron chi connectivity index (χ1n) is 18.3. The third kappa shape index (κ3) is 10.3. The molecule has 14 heteroatoms. The maximum Gasteiger partial charge on any atom is 0.498 e. The summed E-state index contributed by atoms with van der Waals surface area (Å²) in [7, 11) is 1.79. The summed E-state index contributed by atoms with van der Waals surface area (Å²) in [5.74, 6) is 1.48. The molecule has 10 nitrogen and oxygen atoms in total. The second-order valence-corrected chi connectivity index (χ2v) is 19.0. The van der Waals surface area contributed by atoms with Crippen LogP contribution in [0.2, 0.25) is 0 Å². The van der Waals surface area contributed by atoms with Crippen LogP contribution in [0.5, 0.6) is 11.5 Å². The van der Waals surface area contributed by atoms with Crippen LogP contribution < -0.4 is 14.9 Å². The van der Waals surface area contributed by atoms with Crippen LogP contribution >= 0.6 is 15.9 Å². The van der Waals surface area contributed by atoms with E-state index in [1.807, 2.05) is 147 Å². The third-order valence-corrected chi connectivity index (χ3v) is 12.3. The first kappa shape index (κ1) is 48.6. The van der Waals surface area contributed by atoms with Crippen LogP contribution in [0.3, 0.4) is 0 Å². The van der Waals surface area contributed by atoms with Crippen molar-refractivity contribution in [3.05, 3.63) is 52.0 Å². The Bertz CT molecular complexity index is 1670. The Balaban J connectivity index is 0.000000290. The molecule has 0 amide bonds. The normalized spacial score (nSPS) is 21.1. The zero-order chi connectivity index (χ0) is 41.5. The van der Waals surface area contributed by atoms with Crippen molar-refractivity contribution in [2.75, 3.05) is 14.2 Å². The highest BCUT2D eigenvalue weighted by Crippen LogP contribution is 2.43. The molecular weight excluding hydrogens is 761 g/mol. The van der Waals surface area contributed by atoms with Crippen molar-refractivity contribution in [2.45, 2.75) is 163 Å². The summed E-state index contributed by atoms with van der Waals surface area (Å²) in [5.41, 5.74) is -0.590. The molecule has 0 unspecified atom stereocenters. The largest absolute Gasteiger partial charge is 0.498 e.